The number of benzene rings is 2. The summed E-state index contributed by atoms with van der Waals surface area (Å²) in [6, 6.07) is 10.5. The van der Waals surface area contributed by atoms with Crippen molar-refractivity contribution in [2.45, 2.75) is 71.0 Å². The lowest BCUT2D eigenvalue weighted by molar-refractivity contribution is -0.142. The number of carbonyl (C=O) groups excluding carboxylic acids is 2. The van der Waals surface area contributed by atoms with Crippen molar-refractivity contribution in [1.82, 2.24) is 10.2 Å². The highest BCUT2D eigenvalue weighted by molar-refractivity contribution is 9.10. The van der Waals surface area contributed by atoms with Gasteiger partial charge in [-0.3, -0.25) is 9.59 Å². The van der Waals surface area contributed by atoms with Crippen LogP contribution in [-0.2, 0) is 16.1 Å². The van der Waals surface area contributed by atoms with Crippen LogP contribution in [0.4, 0.5) is 0 Å². The van der Waals surface area contributed by atoms with E-state index in [1.54, 1.807) is 25.1 Å². The van der Waals surface area contributed by atoms with E-state index in [-0.39, 0.29) is 31.0 Å². The van der Waals surface area contributed by atoms with Gasteiger partial charge >= 0.3 is 0 Å². The quantitative estimate of drug-likeness (QED) is 0.364. The van der Waals surface area contributed by atoms with E-state index < -0.39 is 6.04 Å². The zero-order valence-corrected chi connectivity index (χ0v) is 22.8. The van der Waals surface area contributed by atoms with Crippen LogP contribution in [0.1, 0.15) is 63.5 Å². The third-order valence-electron chi connectivity index (χ3n) is 6.18. The summed E-state index contributed by atoms with van der Waals surface area (Å²) in [5.74, 6) is 0.506. The molecule has 1 atom stereocenters. The topological polar surface area (TPSA) is 58.6 Å². The van der Waals surface area contributed by atoms with E-state index in [1.165, 1.54) is 10.5 Å². The average Bonchev–Trinajstić information content (AvgIpc) is 3.31. The molecule has 0 aliphatic heterocycles. The summed E-state index contributed by atoms with van der Waals surface area (Å²) in [7, 11) is 0. The molecule has 0 aromatic heterocycles. The van der Waals surface area contributed by atoms with E-state index in [4.69, 9.17) is 27.9 Å². The van der Waals surface area contributed by atoms with Gasteiger partial charge in [-0.2, -0.15) is 0 Å². The largest absolute Gasteiger partial charge is 0.483 e. The Morgan fingerprint density at radius 3 is 2.41 bits per heavy atom. The lowest BCUT2D eigenvalue weighted by Gasteiger charge is -2.30. The molecule has 8 heteroatoms. The second-order valence-corrected chi connectivity index (χ2v) is 10.7. The molecule has 34 heavy (non-hydrogen) atoms. The number of nitrogens with zero attached hydrogens (tertiary/aromatic N) is 1. The molecule has 1 aliphatic carbocycles. The zero-order valence-electron chi connectivity index (χ0n) is 19.7. The lowest BCUT2D eigenvalue weighted by Crippen LogP contribution is -2.50. The summed E-state index contributed by atoms with van der Waals surface area (Å²) in [6.45, 7) is 6.00. The molecule has 0 radical (unpaired) electrons. The maximum absolute atomic E-state index is 13.3. The molecule has 5 nitrogen and oxygen atoms in total. The Hall–Kier alpha value is -1.76. The highest BCUT2D eigenvalue weighted by atomic mass is 79.9. The summed E-state index contributed by atoms with van der Waals surface area (Å²) in [5, 5.41) is 3.93. The molecule has 1 saturated carbocycles. The van der Waals surface area contributed by atoms with E-state index in [9.17, 15) is 9.59 Å². The Morgan fingerprint density at radius 1 is 1.09 bits per heavy atom. The number of hydrogen-bond donors (Lipinski definition) is 1. The monoisotopic (exact) mass is 568 g/mol. The molecule has 1 aliphatic rings. The first-order valence-electron chi connectivity index (χ1n) is 11.6. The van der Waals surface area contributed by atoms with E-state index >= 15 is 0 Å². The lowest BCUT2D eigenvalue weighted by atomic mass is 10.0. The molecule has 0 saturated heterocycles. The molecule has 184 valence electrons. The summed E-state index contributed by atoms with van der Waals surface area (Å²) >= 11 is 15.8. The van der Waals surface area contributed by atoms with E-state index in [1.807, 2.05) is 18.2 Å². The summed E-state index contributed by atoms with van der Waals surface area (Å²) in [4.78, 5) is 27.8. The van der Waals surface area contributed by atoms with Crippen molar-refractivity contribution in [3.05, 3.63) is 62.0 Å². The first-order chi connectivity index (χ1) is 16.2. The Labute approximate surface area is 220 Å². The average molecular weight is 570 g/mol. The maximum Gasteiger partial charge on any atom is 0.261 e. The van der Waals surface area contributed by atoms with Gasteiger partial charge in [0.1, 0.15) is 11.8 Å². The van der Waals surface area contributed by atoms with Gasteiger partial charge in [0.2, 0.25) is 5.91 Å². The molecule has 2 aromatic rings. The molecule has 0 bridgehead atoms. The highest BCUT2D eigenvalue weighted by Crippen LogP contribution is 2.29. The molecule has 2 aromatic carbocycles. The molecule has 0 heterocycles. The Morgan fingerprint density at radius 2 is 1.79 bits per heavy atom. The fraction of sp³-hybridized carbons (Fsp3) is 0.462. The van der Waals surface area contributed by atoms with Crippen molar-refractivity contribution in [2.24, 2.45) is 0 Å². The standard InChI is InChI=1S/C26H31BrCl2N2O3/c1-16(2)19-9-11-24(21(27)13-19)34-15-25(32)31(14-18-8-10-22(28)23(29)12-18)17(3)26(33)30-20-6-4-5-7-20/h8-13,16-17,20H,4-7,14-15H2,1-3H3,(H,30,33)/t17-/m0/s1. The van der Waals surface area contributed by atoms with Crippen LogP contribution in [-0.4, -0.2) is 35.4 Å². The van der Waals surface area contributed by atoms with Gasteiger partial charge in [0.15, 0.2) is 6.61 Å². The third-order valence-corrected chi connectivity index (χ3v) is 7.54. The Kier molecular flexibility index (Phi) is 9.69. The number of carbonyl (C=O) groups is 2. The van der Waals surface area contributed by atoms with Crippen molar-refractivity contribution in [1.29, 1.82) is 0 Å². The Bertz CT molecular complexity index is 1030. The van der Waals surface area contributed by atoms with Gasteiger partial charge in [-0.05, 0) is 77.0 Å². The Balaban J connectivity index is 1.75. The van der Waals surface area contributed by atoms with Crippen molar-refractivity contribution in [3.63, 3.8) is 0 Å². The van der Waals surface area contributed by atoms with Crippen LogP contribution in [0.25, 0.3) is 0 Å². The smallest absolute Gasteiger partial charge is 0.261 e. The summed E-state index contributed by atoms with van der Waals surface area (Å²) in [5.41, 5.74) is 1.95. The zero-order chi connectivity index (χ0) is 24.8. The molecule has 0 spiro atoms. The fourth-order valence-corrected chi connectivity index (χ4v) is 4.86. The molecule has 3 rings (SSSR count). The second-order valence-electron chi connectivity index (χ2n) is 9.07. The number of nitrogens with one attached hydrogen (secondary N) is 1. The summed E-state index contributed by atoms with van der Waals surface area (Å²) < 4.78 is 6.63. The van der Waals surface area contributed by atoms with Gasteiger partial charge in [-0.15, -0.1) is 0 Å². The second kappa shape index (κ2) is 12.3. The first kappa shape index (κ1) is 26.8. The van der Waals surface area contributed by atoms with E-state index in [0.717, 1.165) is 35.7 Å². The molecular weight excluding hydrogens is 539 g/mol. The predicted molar refractivity (Wildman–Crippen MR) is 141 cm³/mol. The normalized spacial score (nSPS) is 14.8. The minimum Gasteiger partial charge on any atom is -0.483 e. The van der Waals surface area contributed by atoms with Gasteiger partial charge in [0.05, 0.1) is 14.5 Å². The molecule has 2 amide bonds. The van der Waals surface area contributed by atoms with Crippen LogP contribution in [0.15, 0.2) is 40.9 Å². The number of halogens is 3. The van der Waals surface area contributed by atoms with Gasteiger partial charge in [-0.25, -0.2) is 0 Å². The molecule has 0 unspecified atom stereocenters. The highest BCUT2D eigenvalue weighted by Gasteiger charge is 2.29. The van der Waals surface area contributed by atoms with Crippen LogP contribution >= 0.6 is 39.1 Å². The maximum atomic E-state index is 13.3. The molecule has 1 N–H and O–H groups in total. The van der Waals surface area contributed by atoms with E-state index in [0.29, 0.717) is 21.7 Å². The summed E-state index contributed by atoms with van der Waals surface area (Å²) in [6.07, 6.45) is 4.18. The number of hydrogen-bond acceptors (Lipinski definition) is 3. The van der Waals surface area contributed by atoms with Crippen LogP contribution in [0.3, 0.4) is 0 Å². The SMILES string of the molecule is CC(C)c1ccc(OCC(=O)N(Cc2ccc(Cl)c(Cl)c2)[C@@H](C)C(=O)NC2CCCC2)c(Br)c1. The van der Waals surface area contributed by atoms with Gasteiger partial charge in [0.25, 0.3) is 5.91 Å². The number of ether oxygens (including phenoxy) is 1. The van der Waals surface area contributed by atoms with Crippen molar-refractivity contribution in [3.8, 4) is 5.75 Å². The molecular formula is C26H31BrCl2N2O3. The van der Waals surface area contributed by atoms with Crippen LogP contribution < -0.4 is 10.1 Å². The minimum atomic E-state index is -0.669. The van der Waals surface area contributed by atoms with E-state index in [2.05, 4.69) is 35.1 Å². The van der Waals surface area contributed by atoms with Gasteiger partial charge in [-0.1, -0.05) is 62.0 Å². The van der Waals surface area contributed by atoms with Crippen LogP contribution in [0, 0.1) is 0 Å². The third kappa shape index (κ3) is 7.12. The van der Waals surface area contributed by atoms with Crippen LogP contribution in [0.5, 0.6) is 5.75 Å². The van der Waals surface area contributed by atoms with Crippen molar-refractivity contribution in [2.75, 3.05) is 6.61 Å². The fourth-order valence-electron chi connectivity index (χ4n) is 4.02. The number of rotatable bonds is 9. The van der Waals surface area contributed by atoms with Gasteiger partial charge in [0, 0.05) is 12.6 Å². The first-order valence-corrected chi connectivity index (χ1v) is 13.2. The predicted octanol–water partition coefficient (Wildman–Crippen LogP) is 6.73. The number of amides is 2. The van der Waals surface area contributed by atoms with Crippen molar-refractivity contribution < 1.29 is 14.3 Å². The molecule has 1 fully saturated rings. The van der Waals surface area contributed by atoms with Crippen molar-refractivity contribution >= 4 is 50.9 Å². The van der Waals surface area contributed by atoms with Gasteiger partial charge < -0.3 is 15.0 Å². The van der Waals surface area contributed by atoms with Crippen LogP contribution in [0.2, 0.25) is 10.0 Å². The minimum absolute atomic E-state index is 0.164.